The Morgan fingerprint density at radius 1 is 1.06 bits per heavy atom. The first-order chi connectivity index (χ1) is 7.70. The number of hydrogen-bond donors (Lipinski definition) is 0. The zero-order chi connectivity index (χ0) is 13.3. The van der Waals surface area contributed by atoms with E-state index in [1.165, 1.54) is 6.92 Å². The van der Waals surface area contributed by atoms with Crippen molar-refractivity contribution >= 4 is 0 Å². The Kier molecular flexibility index (Phi) is 3.41. The molecule has 0 saturated heterocycles. The van der Waals surface area contributed by atoms with Crippen LogP contribution in [0.25, 0.3) is 0 Å². The zero-order valence-electron chi connectivity index (χ0n) is 8.72. The smallest absolute Gasteiger partial charge is 0.198 e. The van der Waals surface area contributed by atoms with Crippen molar-refractivity contribution < 1.29 is 22.0 Å². The summed E-state index contributed by atoms with van der Waals surface area (Å²) in [6.07, 6.45) is -5.62. The van der Waals surface area contributed by atoms with Crippen molar-refractivity contribution in [1.29, 1.82) is 5.26 Å². The summed E-state index contributed by atoms with van der Waals surface area (Å²) >= 11 is 0. The van der Waals surface area contributed by atoms with Gasteiger partial charge in [0, 0.05) is 5.56 Å². The van der Waals surface area contributed by atoms with Gasteiger partial charge in [-0.1, -0.05) is 24.3 Å². The maximum absolute atomic E-state index is 12.9. The summed E-state index contributed by atoms with van der Waals surface area (Å²) in [6.45, 7) is 1.52. The van der Waals surface area contributed by atoms with Gasteiger partial charge in [-0.05, 0) is 12.5 Å². The van der Waals surface area contributed by atoms with Crippen LogP contribution in [0.2, 0.25) is 0 Å². The topological polar surface area (TPSA) is 23.8 Å². The number of nitriles is 1. The van der Waals surface area contributed by atoms with E-state index >= 15 is 0 Å². The molecule has 17 heavy (non-hydrogen) atoms. The lowest BCUT2D eigenvalue weighted by atomic mass is 9.99. The molecule has 0 saturated carbocycles. The molecule has 0 aromatic heterocycles. The Morgan fingerprint density at radius 2 is 1.53 bits per heavy atom. The van der Waals surface area contributed by atoms with Crippen LogP contribution in [0.4, 0.5) is 22.0 Å². The normalized spacial score (nSPS) is 14.2. The number of alkyl halides is 5. The standard InChI is InChI=1S/C11H8F5N/c1-7(6-17)8-2-4-9(5-3-8)10(12,13)11(14,15)16/h2-5,7H,1H3. The van der Waals surface area contributed by atoms with Crippen LogP contribution in [0.1, 0.15) is 24.0 Å². The van der Waals surface area contributed by atoms with Crippen molar-refractivity contribution in [3.63, 3.8) is 0 Å². The largest absolute Gasteiger partial charge is 0.458 e. The van der Waals surface area contributed by atoms with Crippen molar-refractivity contribution in [3.8, 4) is 6.07 Å². The van der Waals surface area contributed by atoms with Crippen LogP contribution in [0, 0.1) is 11.3 Å². The minimum Gasteiger partial charge on any atom is -0.198 e. The van der Waals surface area contributed by atoms with Crippen molar-refractivity contribution in [2.24, 2.45) is 0 Å². The van der Waals surface area contributed by atoms with Crippen LogP contribution in [-0.2, 0) is 5.92 Å². The molecule has 0 fully saturated rings. The summed E-state index contributed by atoms with van der Waals surface area (Å²) in [4.78, 5) is 0. The molecule has 6 heteroatoms. The lowest BCUT2D eigenvalue weighted by molar-refractivity contribution is -0.289. The number of benzene rings is 1. The first kappa shape index (κ1) is 13.4. The predicted molar refractivity (Wildman–Crippen MR) is 50.4 cm³/mol. The Bertz CT molecular complexity index is 427. The summed E-state index contributed by atoms with van der Waals surface area (Å²) < 4.78 is 61.9. The van der Waals surface area contributed by atoms with Gasteiger partial charge in [0.25, 0.3) is 0 Å². The second-order valence-corrected chi connectivity index (χ2v) is 3.54. The fourth-order valence-electron chi connectivity index (χ4n) is 1.22. The lowest BCUT2D eigenvalue weighted by Crippen LogP contribution is -2.33. The maximum atomic E-state index is 12.9. The number of nitrogens with zero attached hydrogens (tertiary/aromatic N) is 1. The summed E-state index contributed by atoms with van der Waals surface area (Å²) in [6, 6.07) is 5.44. The van der Waals surface area contributed by atoms with Gasteiger partial charge in [0.15, 0.2) is 0 Å². The molecule has 0 bridgehead atoms. The van der Waals surface area contributed by atoms with Gasteiger partial charge < -0.3 is 0 Å². The van der Waals surface area contributed by atoms with E-state index in [1.807, 2.05) is 6.07 Å². The third-order valence-corrected chi connectivity index (χ3v) is 2.32. The Labute approximate surface area is 94.5 Å². The highest BCUT2D eigenvalue weighted by Crippen LogP contribution is 2.43. The number of halogens is 5. The molecule has 0 N–H and O–H groups in total. The van der Waals surface area contributed by atoms with Gasteiger partial charge in [0.2, 0.25) is 0 Å². The highest BCUT2D eigenvalue weighted by molar-refractivity contribution is 5.30. The highest BCUT2D eigenvalue weighted by Gasteiger charge is 2.58. The molecule has 1 aromatic rings. The van der Waals surface area contributed by atoms with Crippen LogP contribution >= 0.6 is 0 Å². The van der Waals surface area contributed by atoms with E-state index in [-0.39, 0.29) is 0 Å². The average Bonchev–Trinajstić information content (AvgIpc) is 2.26. The van der Waals surface area contributed by atoms with E-state index < -0.39 is 23.6 Å². The molecular weight excluding hydrogens is 241 g/mol. The first-order valence-electron chi connectivity index (χ1n) is 4.64. The van der Waals surface area contributed by atoms with E-state index in [0.717, 1.165) is 12.1 Å². The maximum Gasteiger partial charge on any atom is 0.458 e. The average molecular weight is 249 g/mol. The van der Waals surface area contributed by atoms with Crippen LogP contribution < -0.4 is 0 Å². The molecule has 0 amide bonds. The van der Waals surface area contributed by atoms with Crippen LogP contribution in [0.15, 0.2) is 24.3 Å². The molecule has 1 aromatic carbocycles. The minimum atomic E-state index is -5.62. The van der Waals surface area contributed by atoms with Gasteiger partial charge in [-0.15, -0.1) is 0 Å². The number of hydrogen-bond acceptors (Lipinski definition) is 1. The van der Waals surface area contributed by atoms with Gasteiger partial charge in [-0.2, -0.15) is 27.2 Å². The molecule has 1 atom stereocenters. The van der Waals surface area contributed by atoms with E-state index in [4.69, 9.17) is 5.26 Å². The van der Waals surface area contributed by atoms with Crippen LogP contribution in [0.3, 0.4) is 0 Å². The SMILES string of the molecule is CC(C#N)c1ccc(C(F)(F)C(F)(F)F)cc1. The lowest BCUT2D eigenvalue weighted by Gasteiger charge is -2.20. The Morgan fingerprint density at radius 3 is 1.88 bits per heavy atom. The minimum absolute atomic E-state index is 0.397. The Balaban J connectivity index is 3.08. The molecule has 0 spiro atoms. The van der Waals surface area contributed by atoms with E-state index in [9.17, 15) is 22.0 Å². The fourth-order valence-corrected chi connectivity index (χ4v) is 1.22. The molecule has 1 nitrogen and oxygen atoms in total. The van der Waals surface area contributed by atoms with Gasteiger partial charge >= 0.3 is 12.1 Å². The Hall–Kier alpha value is -1.64. The zero-order valence-corrected chi connectivity index (χ0v) is 8.72. The quantitative estimate of drug-likeness (QED) is 0.727. The van der Waals surface area contributed by atoms with Crippen molar-refractivity contribution in [3.05, 3.63) is 35.4 Å². The molecule has 0 aliphatic heterocycles. The van der Waals surface area contributed by atoms with Crippen molar-refractivity contribution in [2.45, 2.75) is 24.9 Å². The molecule has 0 aliphatic rings. The molecule has 0 heterocycles. The van der Waals surface area contributed by atoms with E-state index in [1.54, 1.807) is 0 Å². The molecule has 1 rings (SSSR count). The second kappa shape index (κ2) is 4.32. The summed E-state index contributed by atoms with van der Waals surface area (Å²) in [5.74, 6) is -5.43. The van der Waals surface area contributed by atoms with Gasteiger partial charge in [-0.3, -0.25) is 0 Å². The van der Waals surface area contributed by atoms with Gasteiger partial charge in [0.05, 0.1) is 12.0 Å². The van der Waals surface area contributed by atoms with Crippen molar-refractivity contribution in [2.75, 3.05) is 0 Å². The third kappa shape index (κ3) is 2.54. The molecule has 1 unspecified atom stereocenters. The van der Waals surface area contributed by atoms with Gasteiger partial charge in [0.1, 0.15) is 0 Å². The van der Waals surface area contributed by atoms with E-state index in [0.29, 0.717) is 17.7 Å². The second-order valence-electron chi connectivity index (χ2n) is 3.54. The predicted octanol–water partition coefficient (Wildman–Crippen LogP) is 3.97. The van der Waals surface area contributed by atoms with E-state index in [2.05, 4.69) is 0 Å². The molecule has 0 aliphatic carbocycles. The molecule has 92 valence electrons. The summed E-state index contributed by atoms with van der Waals surface area (Å²) in [5.41, 5.74) is -0.729. The number of rotatable bonds is 2. The van der Waals surface area contributed by atoms with Crippen molar-refractivity contribution in [1.82, 2.24) is 0 Å². The van der Waals surface area contributed by atoms with Crippen LogP contribution in [0.5, 0.6) is 0 Å². The fraction of sp³-hybridized carbons (Fsp3) is 0.364. The monoisotopic (exact) mass is 249 g/mol. The molecular formula is C11H8F5N. The molecule has 0 radical (unpaired) electrons. The third-order valence-electron chi connectivity index (χ3n) is 2.32. The highest BCUT2D eigenvalue weighted by atomic mass is 19.4. The summed E-state index contributed by atoms with van der Waals surface area (Å²) in [5, 5.41) is 8.57. The first-order valence-corrected chi connectivity index (χ1v) is 4.64. The van der Waals surface area contributed by atoms with Gasteiger partial charge in [-0.25, -0.2) is 0 Å². The summed E-state index contributed by atoms with van der Waals surface area (Å²) in [7, 11) is 0. The van der Waals surface area contributed by atoms with Crippen LogP contribution in [-0.4, -0.2) is 6.18 Å².